The van der Waals surface area contributed by atoms with Gasteiger partial charge in [0.05, 0.1) is 17.3 Å². The van der Waals surface area contributed by atoms with E-state index in [1.807, 2.05) is 19.9 Å². The summed E-state index contributed by atoms with van der Waals surface area (Å²) in [5, 5.41) is 0. The van der Waals surface area contributed by atoms with E-state index < -0.39 is 9.84 Å². The molecule has 0 amide bonds. The van der Waals surface area contributed by atoms with Crippen molar-refractivity contribution in [2.45, 2.75) is 70.5 Å². The average molecular weight is 355 g/mol. The van der Waals surface area contributed by atoms with E-state index in [-0.39, 0.29) is 12.0 Å². The van der Waals surface area contributed by atoms with Gasteiger partial charge in [-0.05, 0) is 68.2 Å². The molecule has 1 aliphatic rings. The van der Waals surface area contributed by atoms with Gasteiger partial charge in [0.2, 0.25) is 0 Å². The number of sulfone groups is 1. The van der Waals surface area contributed by atoms with E-state index in [1.165, 1.54) is 0 Å². The second-order valence-corrected chi connectivity index (χ2v) is 9.03. The highest BCUT2D eigenvalue weighted by atomic mass is 32.2. The molecular formula is C19H30O4S. The zero-order chi connectivity index (χ0) is 17.7. The molecule has 136 valence electrons. The Balaban J connectivity index is 1.99. The molecule has 1 aromatic rings. The van der Waals surface area contributed by atoms with Crippen LogP contribution in [0, 0.1) is 13.8 Å². The van der Waals surface area contributed by atoms with E-state index >= 15 is 0 Å². The maximum atomic E-state index is 12.7. The number of aryl methyl sites for hydroxylation is 1. The van der Waals surface area contributed by atoms with Crippen LogP contribution in [0.1, 0.15) is 62.1 Å². The quantitative estimate of drug-likeness (QED) is 0.691. The summed E-state index contributed by atoms with van der Waals surface area (Å²) >= 11 is 0. The molecule has 2 rings (SSSR count). The Bertz CT molecular complexity index is 644. The van der Waals surface area contributed by atoms with Crippen LogP contribution in [0.4, 0.5) is 0 Å². The Hall–Kier alpha value is -0.910. The number of benzene rings is 1. The van der Waals surface area contributed by atoms with Gasteiger partial charge in [0.25, 0.3) is 0 Å². The van der Waals surface area contributed by atoms with Gasteiger partial charge in [0, 0.05) is 6.61 Å². The molecule has 0 aromatic heterocycles. The minimum atomic E-state index is -3.29. The fraction of sp³-hybridized carbons (Fsp3) is 0.684. The lowest BCUT2D eigenvalue weighted by molar-refractivity contribution is -0.162. The molecule has 0 bridgehead atoms. The maximum absolute atomic E-state index is 12.7. The van der Waals surface area contributed by atoms with Crippen molar-refractivity contribution in [1.29, 1.82) is 0 Å². The molecule has 4 nitrogen and oxygen atoms in total. The summed E-state index contributed by atoms with van der Waals surface area (Å²) in [7, 11) is -3.29. The van der Waals surface area contributed by atoms with Gasteiger partial charge in [-0.2, -0.15) is 0 Å². The Morgan fingerprint density at radius 3 is 2.62 bits per heavy atom. The summed E-state index contributed by atoms with van der Waals surface area (Å²) in [6.45, 7) is 9.19. The van der Waals surface area contributed by atoms with Crippen LogP contribution in [0.25, 0.3) is 0 Å². The maximum Gasteiger partial charge on any atom is 0.178 e. The smallest absolute Gasteiger partial charge is 0.178 e. The van der Waals surface area contributed by atoms with Crippen molar-refractivity contribution >= 4 is 9.84 Å². The number of ether oxygens (including phenoxy) is 2. The van der Waals surface area contributed by atoms with Gasteiger partial charge in [-0.15, -0.1) is 0 Å². The van der Waals surface area contributed by atoms with Gasteiger partial charge >= 0.3 is 0 Å². The Kier molecular flexibility index (Phi) is 6.84. The molecule has 0 saturated carbocycles. The van der Waals surface area contributed by atoms with E-state index in [0.717, 1.165) is 42.6 Å². The molecule has 1 aromatic carbocycles. The first-order valence-electron chi connectivity index (χ1n) is 8.88. The van der Waals surface area contributed by atoms with Gasteiger partial charge in [-0.3, -0.25) is 0 Å². The SMILES string of the molecule is Cc1cc(C(C)C)cc(S(=O)(=O)CCCOC2CCCCO2)c1C. The van der Waals surface area contributed by atoms with E-state index in [2.05, 4.69) is 19.9 Å². The highest BCUT2D eigenvalue weighted by Crippen LogP contribution is 2.26. The lowest BCUT2D eigenvalue weighted by Crippen LogP contribution is -2.23. The molecule has 0 N–H and O–H groups in total. The Labute approximate surface area is 146 Å². The molecule has 0 spiro atoms. The second kappa shape index (κ2) is 8.45. The number of hydrogen-bond donors (Lipinski definition) is 0. The van der Waals surface area contributed by atoms with Crippen molar-refractivity contribution in [1.82, 2.24) is 0 Å². The summed E-state index contributed by atoms with van der Waals surface area (Å²) in [4.78, 5) is 0.472. The third-order valence-electron chi connectivity index (χ3n) is 4.64. The van der Waals surface area contributed by atoms with Gasteiger partial charge in [0.1, 0.15) is 0 Å². The molecule has 1 unspecified atom stereocenters. The lowest BCUT2D eigenvalue weighted by atomic mass is 9.98. The van der Waals surface area contributed by atoms with Crippen LogP contribution < -0.4 is 0 Å². The topological polar surface area (TPSA) is 52.6 Å². The fourth-order valence-electron chi connectivity index (χ4n) is 2.93. The molecule has 5 heteroatoms. The summed E-state index contributed by atoms with van der Waals surface area (Å²) in [5.41, 5.74) is 2.96. The molecular weight excluding hydrogens is 324 g/mol. The van der Waals surface area contributed by atoms with Crippen molar-refractivity contribution in [2.75, 3.05) is 19.0 Å². The van der Waals surface area contributed by atoms with Crippen molar-refractivity contribution < 1.29 is 17.9 Å². The van der Waals surface area contributed by atoms with Crippen molar-refractivity contribution in [3.8, 4) is 0 Å². The third kappa shape index (κ3) is 5.04. The average Bonchev–Trinajstić information content (AvgIpc) is 2.54. The van der Waals surface area contributed by atoms with Crippen LogP contribution in [-0.2, 0) is 19.3 Å². The van der Waals surface area contributed by atoms with Gasteiger partial charge < -0.3 is 9.47 Å². The predicted molar refractivity (Wildman–Crippen MR) is 96.2 cm³/mol. The minimum absolute atomic E-state index is 0.113. The molecule has 1 fully saturated rings. The van der Waals surface area contributed by atoms with Crippen LogP contribution in [0.5, 0.6) is 0 Å². The molecule has 1 aliphatic heterocycles. The van der Waals surface area contributed by atoms with Crippen LogP contribution in [0.2, 0.25) is 0 Å². The molecule has 0 aliphatic carbocycles. The highest BCUT2D eigenvalue weighted by Gasteiger charge is 2.20. The van der Waals surface area contributed by atoms with E-state index in [0.29, 0.717) is 23.8 Å². The van der Waals surface area contributed by atoms with Crippen LogP contribution >= 0.6 is 0 Å². The Morgan fingerprint density at radius 1 is 1.25 bits per heavy atom. The van der Waals surface area contributed by atoms with E-state index in [1.54, 1.807) is 0 Å². The van der Waals surface area contributed by atoms with E-state index in [9.17, 15) is 8.42 Å². The fourth-order valence-corrected chi connectivity index (χ4v) is 4.59. The molecule has 24 heavy (non-hydrogen) atoms. The normalized spacial score (nSPS) is 19.0. The van der Waals surface area contributed by atoms with Gasteiger partial charge in [-0.25, -0.2) is 8.42 Å². The zero-order valence-electron chi connectivity index (χ0n) is 15.3. The first kappa shape index (κ1) is 19.4. The lowest BCUT2D eigenvalue weighted by Gasteiger charge is -2.22. The molecule has 1 saturated heterocycles. The first-order valence-corrected chi connectivity index (χ1v) is 10.5. The largest absolute Gasteiger partial charge is 0.353 e. The minimum Gasteiger partial charge on any atom is -0.353 e. The van der Waals surface area contributed by atoms with Crippen molar-refractivity contribution in [3.05, 3.63) is 28.8 Å². The predicted octanol–water partition coefficient (Wildman–Crippen LogP) is 4.13. The molecule has 1 atom stereocenters. The van der Waals surface area contributed by atoms with Crippen molar-refractivity contribution in [2.24, 2.45) is 0 Å². The summed E-state index contributed by atoms with van der Waals surface area (Å²) in [6.07, 6.45) is 3.44. The standard InChI is InChI=1S/C19H30O4S/c1-14(2)17-12-15(3)16(4)18(13-17)24(20,21)11-7-10-23-19-8-5-6-9-22-19/h12-14,19H,5-11H2,1-4H3. The van der Waals surface area contributed by atoms with Crippen LogP contribution in [0.15, 0.2) is 17.0 Å². The third-order valence-corrected chi connectivity index (χ3v) is 6.56. The summed E-state index contributed by atoms with van der Waals surface area (Å²) in [5.74, 6) is 0.423. The Morgan fingerprint density at radius 2 is 2.00 bits per heavy atom. The van der Waals surface area contributed by atoms with Gasteiger partial charge in [-0.1, -0.05) is 19.9 Å². The van der Waals surface area contributed by atoms with Crippen LogP contribution in [0.3, 0.4) is 0 Å². The number of rotatable bonds is 7. The van der Waals surface area contributed by atoms with Gasteiger partial charge in [0.15, 0.2) is 16.1 Å². The summed E-state index contributed by atoms with van der Waals surface area (Å²) in [6, 6.07) is 3.93. The molecule has 1 heterocycles. The second-order valence-electron chi connectivity index (χ2n) is 6.95. The van der Waals surface area contributed by atoms with Crippen molar-refractivity contribution in [3.63, 3.8) is 0 Å². The summed E-state index contributed by atoms with van der Waals surface area (Å²) < 4.78 is 36.6. The monoisotopic (exact) mass is 354 g/mol. The molecule has 0 radical (unpaired) electrons. The van der Waals surface area contributed by atoms with Crippen LogP contribution in [-0.4, -0.2) is 33.7 Å². The number of hydrogen-bond acceptors (Lipinski definition) is 4. The highest BCUT2D eigenvalue weighted by molar-refractivity contribution is 7.91. The zero-order valence-corrected chi connectivity index (χ0v) is 16.1. The first-order chi connectivity index (χ1) is 11.3. The van der Waals surface area contributed by atoms with E-state index in [4.69, 9.17) is 9.47 Å².